The van der Waals surface area contributed by atoms with Crippen LogP contribution in [0.15, 0.2) is 30.5 Å². The Kier molecular flexibility index (Phi) is 4.48. The topological polar surface area (TPSA) is 71.2 Å². The van der Waals surface area contributed by atoms with Gasteiger partial charge >= 0.3 is 6.18 Å². The number of pyridine rings is 1. The number of likely N-dealkylation sites (tertiary alicyclic amines) is 1. The number of fused-ring (bicyclic) bond motifs is 1. The normalized spacial score (nSPS) is 17.9. The van der Waals surface area contributed by atoms with Gasteiger partial charge in [-0.1, -0.05) is 0 Å². The summed E-state index contributed by atoms with van der Waals surface area (Å²) in [6.45, 7) is 2.06. The second-order valence-corrected chi connectivity index (χ2v) is 7.37. The number of hydrogen-bond acceptors (Lipinski definition) is 4. The largest absolute Gasteiger partial charge is 0.507 e. The van der Waals surface area contributed by atoms with Crippen molar-refractivity contribution in [1.29, 1.82) is 0 Å². The molecule has 1 aliphatic rings. The van der Waals surface area contributed by atoms with Gasteiger partial charge in [0.2, 0.25) is 5.91 Å². The van der Waals surface area contributed by atoms with Crippen LogP contribution in [0.25, 0.3) is 22.3 Å². The van der Waals surface area contributed by atoms with Crippen molar-refractivity contribution >= 4 is 16.9 Å². The molecule has 0 unspecified atom stereocenters. The molecule has 9 heteroatoms. The number of phenolic OH excluding ortho intramolecular Hbond substituents is 1. The summed E-state index contributed by atoms with van der Waals surface area (Å²) in [7, 11) is 1.75. The lowest BCUT2D eigenvalue weighted by Gasteiger charge is -2.29. The maximum atomic E-state index is 13.0. The van der Waals surface area contributed by atoms with Crippen LogP contribution in [-0.4, -0.2) is 44.3 Å². The van der Waals surface area contributed by atoms with Crippen LogP contribution in [0, 0.1) is 6.92 Å². The van der Waals surface area contributed by atoms with Crippen molar-refractivity contribution in [1.82, 2.24) is 19.7 Å². The van der Waals surface area contributed by atoms with E-state index < -0.39 is 17.5 Å². The lowest BCUT2D eigenvalue weighted by Crippen LogP contribution is -2.38. The van der Waals surface area contributed by atoms with E-state index in [0.29, 0.717) is 36.8 Å². The average molecular weight is 404 g/mol. The molecule has 1 amide bonds. The third kappa shape index (κ3) is 3.52. The van der Waals surface area contributed by atoms with E-state index in [1.54, 1.807) is 28.8 Å². The quantitative estimate of drug-likeness (QED) is 0.703. The zero-order chi connectivity index (χ0) is 20.9. The number of hydrogen-bond donors (Lipinski definition) is 1. The van der Waals surface area contributed by atoms with Gasteiger partial charge in [-0.15, -0.1) is 0 Å². The third-order valence-electron chi connectivity index (χ3n) is 5.26. The van der Waals surface area contributed by atoms with Gasteiger partial charge in [0.25, 0.3) is 0 Å². The molecule has 6 nitrogen and oxygen atoms in total. The smallest absolute Gasteiger partial charge is 0.416 e. The van der Waals surface area contributed by atoms with Crippen LogP contribution < -0.4 is 0 Å². The molecule has 0 radical (unpaired) electrons. The Morgan fingerprint density at radius 2 is 2.00 bits per heavy atom. The summed E-state index contributed by atoms with van der Waals surface area (Å²) in [5.74, 6) is -0.373. The highest BCUT2D eigenvalue weighted by atomic mass is 19.4. The fourth-order valence-corrected chi connectivity index (χ4v) is 3.72. The molecular weight excluding hydrogens is 385 g/mol. The number of rotatable bonds is 2. The van der Waals surface area contributed by atoms with Gasteiger partial charge in [-0.05, 0) is 43.2 Å². The number of aromatic hydroxyl groups is 1. The van der Waals surface area contributed by atoms with E-state index in [2.05, 4.69) is 10.1 Å². The van der Waals surface area contributed by atoms with Gasteiger partial charge in [0, 0.05) is 37.2 Å². The first-order valence-electron chi connectivity index (χ1n) is 9.14. The van der Waals surface area contributed by atoms with E-state index in [9.17, 15) is 23.1 Å². The minimum absolute atomic E-state index is 0.0385. The van der Waals surface area contributed by atoms with Crippen LogP contribution in [0.5, 0.6) is 5.75 Å². The summed E-state index contributed by atoms with van der Waals surface area (Å²) in [4.78, 5) is 17.8. The van der Waals surface area contributed by atoms with Crippen molar-refractivity contribution in [3.63, 3.8) is 0 Å². The molecule has 152 valence electrons. The molecule has 1 saturated heterocycles. The van der Waals surface area contributed by atoms with Crippen molar-refractivity contribution in [2.24, 2.45) is 0 Å². The number of carbonyl (C=O) groups excluding carboxylic acids is 1. The van der Waals surface area contributed by atoms with Gasteiger partial charge in [-0.25, -0.2) is 4.98 Å². The van der Waals surface area contributed by atoms with Crippen LogP contribution >= 0.6 is 0 Å². The molecule has 29 heavy (non-hydrogen) atoms. The molecule has 1 N–H and O–H groups in total. The van der Waals surface area contributed by atoms with Crippen LogP contribution in [0.2, 0.25) is 0 Å². The molecule has 0 bridgehead atoms. The van der Waals surface area contributed by atoms with Gasteiger partial charge in [-0.3, -0.25) is 9.48 Å². The number of aryl methyl sites for hydroxylation is 1. The molecule has 3 aromatic rings. The number of phenols is 1. The van der Waals surface area contributed by atoms with E-state index in [4.69, 9.17) is 0 Å². The molecule has 0 spiro atoms. The van der Waals surface area contributed by atoms with Crippen molar-refractivity contribution in [3.05, 3.63) is 41.6 Å². The van der Waals surface area contributed by atoms with Crippen molar-refractivity contribution < 1.29 is 23.1 Å². The number of aromatic nitrogens is 3. The predicted octanol–water partition coefficient (Wildman–Crippen LogP) is 3.92. The van der Waals surface area contributed by atoms with E-state index in [1.165, 1.54) is 6.92 Å². The highest BCUT2D eigenvalue weighted by molar-refractivity contribution is 5.81. The number of benzene rings is 1. The maximum absolute atomic E-state index is 13.0. The standard InChI is InChI=1S/C20H19F3N4O2/c1-11-7-13(20(21,22)23)8-16(28)18(11)15-5-3-12-9-27(25-19(12)24-15)14-4-6-17(29)26(2)10-14/h3,5,7-9,14,28H,4,6,10H2,1-2H3/t14-/m0/s1. The van der Waals surface area contributed by atoms with Crippen LogP contribution in [-0.2, 0) is 11.0 Å². The van der Waals surface area contributed by atoms with Gasteiger partial charge < -0.3 is 10.0 Å². The minimum atomic E-state index is -4.54. The van der Waals surface area contributed by atoms with Gasteiger partial charge in [-0.2, -0.15) is 18.3 Å². The Balaban J connectivity index is 1.71. The summed E-state index contributed by atoms with van der Waals surface area (Å²) in [6.07, 6.45) is -1.55. The molecule has 1 aromatic carbocycles. The van der Waals surface area contributed by atoms with E-state index >= 15 is 0 Å². The van der Waals surface area contributed by atoms with Gasteiger partial charge in [0.1, 0.15) is 5.75 Å². The Morgan fingerprint density at radius 1 is 1.24 bits per heavy atom. The number of piperidine rings is 1. The highest BCUT2D eigenvalue weighted by Gasteiger charge is 2.32. The minimum Gasteiger partial charge on any atom is -0.507 e. The number of amides is 1. The highest BCUT2D eigenvalue weighted by Crippen LogP contribution is 2.38. The summed E-state index contributed by atoms with van der Waals surface area (Å²) < 4.78 is 40.7. The number of halogens is 3. The number of carbonyl (C=O) groups is 1. The lowest BCUT2D eigenvalue weighted by molar-refractivity contribution is -0.137. The first-order valence-corrected chi connectivity index (χ1v) is 9.14. The van der Waals surface area contributed by atoms with Crippen molar-refractivity contribution in [2.45, 2.75) is 32.0 Å². The van der Waals surface area contributed by atoms with E-state index in [-0.39, 0.29) is 23.1 Å². The molecule has 3 heterocycles. The van der Waals surface area contributed by atoms with Gasteiger partial charge in [0.15, 0.2) is 5.65 Å². The Morgan fingerprint density at radius 3 is 2.66 bits per heavy atom. The molecular formula is C20H19F3N4O2. The zero-order valence-electron chi connectivity index (χ0n) is 15.9. The fraction of sp³-hybridized carbons (Fsp3) is 0.350. The first-order chi connectivity index (χ1) is 13.6. The second-order valence-electron chi connectivity index (χ2n) is 7.37. The van der Waals surface area contributed by atoms with E-state index in [1.807, 2.05) is 6.20 Å². The molecule has 1 atom stereocenters. The second kappa shape index (κ2) is 6.75. The van der Waals surface area contributed by atoms with Crippen LogP contribution in [0.1, 0.15) is 30.0 Å². The molecule has 1 aliphatic heterocycles. The van der Waals surface area contributed by atoms with Crippen molar-refractivity contribution in [3.8, 4) is 17.0 Å². The summed E-state index contributed by atoms with van der Waals surface area (Å²) in [5, 5.41) is 15.5. The first kappa shape index (κ1) is 19.2. The molecule has 2 aromatic heterocycles. The number of alkyl halides is 3. The summed E-state index contributed by atoms with van der Waals surface area (Å²) in [5.41, 5.74) is 0.397. The average Bonchev–Trinajstić information content (AvgIpc) is 3.06. The Labute approximate surface area is 164 Å². The van der Waals surface area contributed by atoms with Crippen LogP contribution in [0.3, 0.4) is 0 Å². The van der Waals surface area contributed by atoms with E-state index in [0.717, 1.165) is 11.5 Å². The summed E-state index contributed by atoms with van der Waals surface area (Å²) >= 11 is 0. The third-order valence-corrected chi connectivity index (χ3v) is 5.26. The molecule has 0 aliphatic carbocycles. The van der Waals surface area contributed by atoms with Gasteiger partial charge in [0.05, 0.1) is 17.3 Å². The van der Waals surface area contributed by atoms with Crippen LogP contribution in [0.4, 0.5) is 13.2 Å². The maximum Gasteiger partial charge on any atom is 0.416 e. The summed E-state index contributed by atoms with van der Waals surface area (Å²) in [6, 6.07) is 5.17. The number of likely N-dealkylation sites (N-methyl/N-ethyl adjacent to an activating group) is 1. The Hall–Kier alpha value is -3.10. The monoisotopic (exact) mass is 404 g/mol. The fourth-order valence-electron chi connectivity index (χ4n) is 3.72. The molecule has 1 fully saturated rings. The lowest BCUT2D eigenvalue weighted by atomic mass is 10.00. The van der Waals surface area contributed by atoms with Crippen molar-refractivity contribution in [2.75, 3.05) is 13.6 Å². The molecule has 4 rings (SSSR count). The zero-order valence-corrected chi connectivity index (χ0v) is 15.9. The Bertz CT molecular complexity index is 1080. The number of nitrogens with zero attached hydrogens (tertiary/aromatic N) is 4. The predicted molar refractivity (Wildman–Crippen MR) is 100 cm³/mol. The molecule has 0 saturated carbocycles. The SMILES string of the molecule is Cc1cc(C(F)(F)F)cc(O)c1-c1ccc2cn([C@H]3CCC(=O)N(C)C3)nc2n1.